The molecular formula is C11H15FN2O3S. The Kier molecular flexibility index (Phi) is 4.28. The highest BCUT2D eigenvalue weighted by Crippen LogP contribution is 2.24. The molecule has 0 aliphatic heterocycles. The number of nitrogens with two attached hydrogens (primary N) is 1. The zero-order chi connectivity index (χ0) is 13.9. The van der Waals surface area contributed by atoms with E-state index in [2.05, 4.69) is 0 Å². The van der Waals surface area contributed by atoms with E-state index < -0.39 is 27.8 Å². The highest BCUT2D eigenvalue weighted by atomic mass is 32.2. The van der Waals surface area contributed by atoms with E-state index in [1.54, 1.807) is 6.92 Å². The SMILES string of the molecule is CC[C@H](C(N)=O)N(c1ccccc1F)S(C)(=O)=O. The molecule has 1 atom stereocenters. The highest BCUT2D eigenvalue weighted by Gasteiger charge is 2.31. The number of primary amides is 1. The molecule has 1 amide bonds. The predicted octanol–water partition coefficient (Wildman–Crippen LogP) is 0.856. The number of benzene rings is 1. The van der Waals surface area contributed by atoms with Gasteiger partial charge >= 0.3 is 0 Å². The third kappa shape index (κ3) is 2.98. The zero-order valence-corrected chi connectivity index (χ0v) is 10.9. The molecule has 18 heavy (non-hydrogen) atoms. The van der Waals surface area contributed by atoms with Gasteiger partial charge in [0, 0.05) is 0 Å². The van der Waals surface area contributed by atoms with Crippen molar-refractivity contribution in [3.63, 3.8) is 0 Å². The van der Waals surface area contributed by atoms with Crippen LogP contribution >= 0.6 is 0 Å². The molecule has 2 N–H and O–H groups in total. The van der Waals surface area contributed by atoms with Crippen LogP contribution in [0, 0.1) is 5.82 Å². The average molecular weight is 274 g/mol. The van der Waals surface area contributed by atoms with Crippen LogP contribution in [0.5, 0.6) is 0 Å². The smallest absolute Gasteiger partial charge is 0.241 e. The number of sulfonamides is 1. The van der Waals surface area contributed by atoms with E-state index in [4.69, 9.17) is 5.73 Å². The molecule has 0 heterocycles. The molecule has 0 unspecified atom stereocenters. The largest absolute Gasteiger partial charge is 0.368 e. The molecule has 1 aromatic carbocycles. The summed E-state index contributed by atoms with van der Waals surface area (Å²) in [6, 6.07) is 4.25. The molecule has 100 valence electrons. The number of hydrogen-bond acceptors (Lipinski definition) is 3. The minimum absolute atomic E-state index is 0.163. The fourth-order valence-electron chi connectivity index (χ4n) is 1.69. The van der Waals surface area contributed by atoms with Gasteiger partial charge in [-0.3, -0.25) is 9.10 Å². The second kappa shape index (κ2) is 5.34. The maximum absolute atomic E-state index is 13.7. The normalized spacial score (nSPS) is 13.1. The van der Waals surface area contributed by atoms with E-state index in [9.17, 15) is 17.6 Å². The van der Waals surface area contributed by atoms with Crippen LogP contribution in [0.4, 0.5) is 10.1 Å². The van der Waals surface area contributed by atoms with Crippen molar-refractivity contribution in [2.24, 2.45) is 5.73 Å². The lowest BCUT2D eigenvalue weighted by Crippen LogP contribution is -2.47. The lowest BCUT2D eigenvalue weighted by Gasteiger charge is -2.28. The summed E-state index contributed by atoms with van der Waals surface area (Å²) in [6.07, 6.45) is 1.07. The summed E-state index contributed by atoms with van der Waals surface area (Å²) in [6.45, 7) is 1.61. The van der Waals surface area contributed by atoms with Gasteiger partial charge in [0.25, 0.3) is 0 Å². The Morgan fingerprint density at radius 2 is 2.00 bits per heavy atom. The van der Waals surface area contributed by atoms with Crippen LogP contribution in [0.2, 0.25) is 0 Å². The van der Waals surface area contributed by atoms with Gasteiger partial charge in [-0.05, 0) is 18.6 Å². The molecule has 0 spiro atoms. The van der Waals surface area contributed by atoms with Gasteiger partial charge < -0.3 is 5.73 Å². The van der Waals surface area contributed by atoms with Crippen LogP contribution in [0.15, 0.2) is 24.3 Å². The minimum Gasteiger partial charge on any atom is -0.368 e. The molecule has 0 aliphatic carbocycles. The Labute approximate surface area is 105 Å². The van der Waals surface area contributed by atoms with Crippen molar-refractivity contribution in [3.05, 3.63) is 30.1 Å². The third-order valence-electron chi connectivity index (χ3n) is 2.45. The first-order valence-electron chi connectivity index (χ1n) is 5.32. The lowest BCUT2D eigenvalue weighted by atomic mass is 10.2. The van der Waals surface area contributed by atoms with Gasteiger partial charge in [-0.1, -0.05) is 19.1 Å². The summed E-state index contributed by atoms with van der Waals surface area (Å²) in [5, 5.41) is 0. The molecule has 0 aromatic heterocycles. The summed E-state index contributed by atoms with van der Waals surface area (Å²) < 4.78 is 37.9. The molecule has 5 nitrogen and oxygen atoms in total. The van der Waals surface area contributed by atoms with Crippen molar-refractivity contribution in [1.82, 2.24) is 0 Å². The van der Waals surface area contributed by atoms with E-state index in [0.717, 1.165) is 16.6 Å². The maximum atomic E-state index is 13.7. The zero-order valence-electron chi connectivity index (χ0n) is 10.1. The van der Waals surface area contributed by atoms with E-state index in [1.165, 1.54) is 18.2 Å². The molecule has 0 saturated carbocycles. The van der Waals surface area contributed by atoms with E-state index >= 15 is 0 Å². The Morgan fingerprint density at radius 1 is 1.44 bits per heavy atom. The molecule has 0 bridgehead atoms. The fraction of sp³-hybridized carbons (Fsp3) is 0.364. The summed E-state index contributed by atoms with van der Waals surface area (Å²) >= 11 is 0. The van der Waals surface area contributed by atoms with Crippen molar-refractivity contribution in [3.8, 4) is 0 Å². The Hall–Kier alpha value is -1.63. The monoisotopic (exact) mass is 274 g/mol. The number of amides is 1. The van der Waals surface area contributed by atoms with Crippen LogP contribution in [0.1, 0.15) is 13.3 Å². The number of halogens is 1. The van der Waals surface area contributed by atoms with Crippen LogP contribution in [-0.4, -0.2) is 26.6 Å². The second-order valence-corrected chi connectivity index (χ2v) is 5.70. The first-order valence-corrected chi connectivity index (χ1v) is 7.17. The van der Waals surface area contributed by atoms with Crippen LogP contribution in [0.25, 0.3) is 0 Å². The number of hydrogen-bond donors (Lipinski definition) is 1. The first-order chi connectivity index (χ1) is 8.29. The molecule has 0 aliphatic rings. The standard InChI is InChI=1S/C11H15FN2O3S/c1-3-9(11(13)15)14(18(2,16)17)10-7-5-4-6-8(10)12/h4-7,9H,3H2,1-2H3,(H2,13,15)/t9-/m1/s1. The van der Waals surface area contributed by atoms with Crippen molar-refractivity contribution in [2.45, 2.75) is 19.4 Å². The number of carbonyl (C=O) groups excluding carboxylic acids is 1. The van der Waals surface area contributed by atoms with Gasteiger partial charge in [0.15, 0.2) is 0 Å². The lowest BCUT2D eigenvalue weighted by molar-refractivity contribution is -0.119. The maximum Gasteiger partial charge on any atom is 0.241 e. The number of rotatable bonds is 5. The molecule has 0 radical (unpaired) electrons. The number of para-hydroxylation sites is 1. The molecule has 0 saturated heterocycles. The van der Waals surface area contributed by atoms with Gasteiger partial charge in [0.05, 0.1) is 11.9 Å². The van der Waals surface area contributed by atoms with Gasteiger partial charge in [-0.25, -0.2) is 12.8 Å². The first kappa shape index (κ1) is 14.4. The minimum atomic E-state index is -3.80. The van der Waals surface area contributed by atoms with E-state index in [1.807, 2.05) is 0 Å². The van der Waals surface area contributed by atoms with Gasteiger partial charge in [-0.15, -0.1) is 0 Å². The van der Waals surface area contributed by atoms with Crippen LogP contribution in [-0.2, 0) is 14.8 Å². The molecule has 1 rings (SSSR count). The highest BCUT2D eigenvalue weighted by molar-refractivity contribution is 7.92. The summed E-state index contributed by atoms with van der Waals surface area (Å²) in [5.74, 6) is -1.53. The van der Waals surface area contributed by atoms with Crippen LogP contribution in [0.3, 0.4) is 0 Å². The number of nitrogens with zero attached hydrogens (tertiary/aromatic N) is 1. The summed E-state index contributed by atoms with van der Waals surface area (Å²) in [7, 11) is -3.80. The van der Waals surface area contributed by atoms with Crippen molar-refractivity contribution >= 4 is 21.6 Å². The predicted molar refractivity (Wildman–Crippen MR) is 67.0 cm³/mol. The molecule has 0 fully saturated rings. The number of anilines is 1. The molecule has 7 heteroatoms. The van der Waals surface area contributed by atoms with Crippen molar-refractivity contribution in [1.29, 1.82) is 0 Å². The number of carbonyl (C=O) groups is 1. The second-order valence-electron chi connectivity index (χ2n) is 3.84. The Bertz CT molecular complexity index is 545. The average Bonchev–Trinajstić information content (AvgIpc) is 2.25. The Balaban J connectivity index is 3.41. The van der Waals surface area contributed by atoms with E-state index in [0.29, 0.717) is 0 Å². The molecule has 1 aromatic rings. The summed E-state index contributed by atoms with van der Waals surface area (Å²) in [5.41, 5.74) is 4.99. The topological polar surface area (TPSA) is 80.5 Å². The van der Waals surface area contributed by atoms with Gasteiger partial charge in [-0.2, -0.15) is 0 Å². The van der Waals surface area contributed by atoms with Crippen molar-refractivity contribution < 1.29 is 17.6 Å². The van der Waals surface area contributed by atoms with Gasteiger partial charge in [0.2, 0.25) is 15.9 Å². The van der Waals surface area contributed by atoms with Crippen molar-refractivity contribution in [2.75, 3.05) is 10.6 Å². The Morgan fingerprint density at radius 3 is 2.39 bits per heavy atom. The molecular weight excluding hydrogens is 259 g/mol. The van der Waals surface area contributed by atoms with Crippen LogP contribution < -0.4 is 10.0 Å². The third-order valence-corrected chi connectivity index (χ3v) is 3.61. The fourth-order valence-corrected chi connectivity index (χ4v) is 2.91. The summed E-state index contributed by atoms with van der Waals surface area (Å²) in [4.78, 5) is 11.3. The van der Waals surface area contributed by atoms with E-state index in [-0.39, 0.29) is 12.1 Å². The quantitative estimate of drug-likeness (QED) is 0.864. The van der Waals surface area contributed by atoms with Gasteiger partial charge in [0.1, 0.15) is 11.9 Å².